The van der Waals surface area contributed by atoms with Gasteiger partial charge in [0.05, 0.1) is 0 Å². The van der Waals surface area contributed by atoms with E-state index in [1.54, 1.807) is 0 Å². The van der Waals surface area contributed by atoms with Crippen LogP contribution in [0.25, 0.3) is 0 Å². The van der Waals surface area contributed by atoms with Gasteiger partial charge < -0.3 is 15.2 Å². The molecule has 2 atom stereocenters. The maximum atomic E-state index is 5.16. The average molecular weight is 405 g/mol. The number of likely N-dealkylation sites (tertiary alicyclic amines) is 1. The summed E-state index contributed by atoms with van der Waals surface area (Å²) in [6.45, 7) is 7.62. The highest BCUT2D eigenvalue weighted by molar-refractivity contribution is 7.10. The summed E-state index contributed by atoms with van der Waals surface area (Å²) in [7, 11) is 2.24. The van der Waals surface area contributed by atoms with E-state index in [2.05, 4.69) is 57.2 Å². The Kier molecular flexibility index (Phi) is 7.85. The number of rotatable bonds is 8. The molecule has 0 spiro atoms. The van der Waals surface area contributed by atoms with E-state index in [1.165, 1.54) is 17.7 Å². The van der Waals surface area contributed by atoms with Gasteiger partial charge in [0.2, 0.25) is 5.89 Å². The van der Waals surface area contributed by atoms with Crippen LogP contribution in [0.4, 0.5) is 0 Å². The SMILES string of the molecule is CCNC(=NCC1CCCN(C)C1c1cccs1)NCCCc1nc(C)no1. The highest BCUT2D eigenvalue weighted by Gasteiger charge is 2.31. The fourth-order valence-corrected chi connectivity index (χ4v) is 4.78. The molecule has 0 aromatic carbocycles. The molecule has 154 valence electrons. The monoisotopic (exact) mass is 404 g/mol. The lowest BCUT2D eigenvalue weighted by Crippen LogP contribution is -2.40. The second kappa shape index (κ2) is 10.6. The first-order chi connectivity index (χ1) is 13.7. The molecule has 3 rings (SSSR count). The quantitative estimate of drug-likeness (QED) is 0.400. The number of aryl methyl sites for hydroxylation is 2. The molecule has 2 N–H and O–H groups in total. The van der Waals surface area contributed by atoms with E-state index < -0.39 is 0 Å². The minimum absolute atomic E-state index is 0.473. The maximum Gasteiger partial charge on any atom is 0.226 e. The highest BCUT2D eigenvalue weighted by Crippen LogP contribution is 2.37. The summed E-state index contributed by atoms with van der Waals surface area (Å²) in [6, 6.07) is 4.89. The van der Waals surface area contributed by atoms with Crippen molar-refractivity contribution in [3.63, 3.8) is 0 Å². The van der Waals surface area contributed by atoms with Gasteiger partial charge in [-0.3, -0.25) is 9.89 Å². The Hall–Kier alpha value is -1.93. The van der Waals surface area contributed by atoms with Crippen LogP contribution in [0, 0.1) is 12.8 Å². The maximum absolute atomic E-state index is 5.16. The van der Waals surface area contributed by atoms with Crippen molar-refractivity contribution >= 4 is 17.3 Å². The Balaban J connectivity index is 1.53. The fraction of sp³-hybridized carbons (Fsp3) is 0.650. The minimum atomic E-state index is 0.473. The van der Waals surface area contributed by atoms with Crippen molar-refractivity contribution < 1.29 is 4.52 Å². The van der Waals surface area contributed by atoms with Crippen LogP contribution in [0.3, 0.4) is 0 Å². The van der Waals surface area contributed by atoms with Crippen LogP contribution in [-0.4, -0.2) is 54.2 Å². The second-order valence-electron chi connectivity index (χ2n) is 7.33. The van der Waals surface area contributed by atoms with Crippen molar-refractivity contribution in [3.05, 3.63) is 34.1 Å². The van der Waals surface area contributed by atoms with Gasteiger partial charge in [0.25, 0.3) is 0 Å². The standard InChI is InChI=1S/C20H32N6OS/c1-4-21-20(22-11-5-10-18-24-15(2)25-27-18)23-14-16-8-6-12-26(3)19(16)17-9-7-13-28-17/h7,9,13,16,19H,4-6,8,10-12,14H2,1-3H3,(H2,21,22,23). The zero-order valence-electron chi connectivity index (χ0n) is 17.1. The molecule has 0 amide bonds. The van der Waals surface area contributed by atoms with E-state index in [1.807, 2.05) is 18.3 Å². The molecular weight excluding hydrogens is 372 g/mol. The largest absolute Gasteiger partial charge is 0.357 e. The summed E-state index contributed by atoms with van der Waals surface area (Å²) >= 11 is 1.86. The smallest absolute Gasteiger partial charge is 0.226 e. The van der Waals surface area contributed by atoms with Gasteiger partial charge in [0, 0.05) is 37.0 Å². The zero-order chi connectivity index (χ0) is 19.8. The van der Waals surface area contributed by atoms with Gasteiger partial charge in [-0.25, -0.2) is 0 Å². The van der Waals surface area contributed by atoms with Gasteiger partial charge in [-0.1, -0.05) is 11.2 Å². The fourth-order valence-electron chi connectivity index (χ4n) is 3.80. The van der Waals surface area contributed by atoms with Gasteiger partial charge in [-0.05, 0) is 64.1 Å². The molecule has 2 unspecified atom stereocenters. The van der Waals surface area contributed by atoms with Crippen LogP contribution >= 0.6 is 11.3 Å². The van der Waals surface area contributed by atoms with Crippen LogP contribution in [0.15, 0.2) is 27.0 Å². The topological polar surface area (TPSA) is 78.6 Å². The zero-order valence-corrected chi connectivity index (χ0v) is 18.0. The van der Waals surface area contributed by atoms with E-state index in [-0.39, 0.29) is 0 Å². The molecule has 1 aliphatic heterocycles. The molecule has 1 aliphatic rings. The van der Waals surface area contributed by atoms with Gasteiger partial charge in [0.15, 0.2) is 11.8 Å². The number of hydrogen-bond acceptors (Lipinski definition) is 6. The third-order valence-electron chi connectivity index (χ3n) is 5.10. The highest BCUT2D eigenvalue weighted by atomic mass is 32.1. The normalized spacial score (nSPS) is 21.0. The average Bonchev–Trinajstić information content (AvgIpc) is 3.35. The first-order valence-electron chi connectivity index (χ1n) is 10.2. The van der Waals surface area contributed by atoms with Crippen LogP contribution in [0.5, 0.6) is 0 Å². The van der Waals surface area contributed by atoms with E-state index in [4.69, 9.17) is 9.52 Å². The second-order valence-corrected chi connectivity index (χ2v) is 8.31. The van der Waals surface area contributed by atoms with Crippen LogP contribution in [0.1, 0.15) is 48.8 Å². The molecule has 8 heteroatoms. The predicted octanol–water partition coefficient (Wildman–Crippen LogP) is 3.01. The Labute approximate surface area is 171 Å². The molecule has 0 saturated carbocycles. The van der Waals surface area contributed by atoms with Crippen molar-refractivity contribution in [3.8, 4) is 0 Å². The van der Waals surface area contributed by atoms with Crippen molar-refractivity contribution in [2.75, 3.05) is 33.2 Å². The number of guanidine groups is 1. The van der Waals surface area contributed by atoms with E-state index in [9.17, 15) is 0 Å². The first kappa shape index (κ1) is 20.8. The Morgan fingerprint density at radius 1 is 1.43 bits per heavy atom. The number of hydrogen-bond donors (Lipinski definition) is 2. The van der Waals surface area contributed by atoms with Crippen molar-refractivity contribution in [2.45, 2.75) is 45.6 Å². The van der Waals surface area contributed by atoms with Gasteiger partial charge in [-0.15, -0.1) is 11.3 Å². The molecule has 3 heterocycles. The summed E-state index contributed by atoms with van der Waals surface area (Å²) in [4.78, 5) is 13.1. The first-order valence-corrected chi connectivity index (χ1v) is 11.1. The molecule has 0 radical (unpaired) electrons. The third-order valence-corrected chi connectivity index (χ3v) is 6.04. The number of aromatic nitrogens is 2. The summed E-state index contributed by atoms with van der Waals surface area (Å²) in [5, 5.41) is 12.8. The molecule has 2 aromatic rings. The molecule has 28 heavy (non-hydrogen) atoms. The summed E-state index contributed by atoms with van der Waals surface area (Å²) in [5.41, 5.74) is 0. The number of nitrogens with one attached hydrogen (secondary N) is 2. The summed E-state index contributed by atoms with van der Waals surface area (Å²) in [6.07, 6.45) is 4.18. The third kappa shape index (κ3) is 5.78. The van der Waals surface area contributed by atoms with Crippen molar-refractivity contribution in [1.29, 1.82) is 0 Å². The molecular formula is C20H32N6OS. The van der Waals surface area contributed by atoms with Gasteiger partial charge >= 0.3 is 0 Å². The Morgan fingerprint density at radius 2 is 2.32 bits per heavy atom. The Morgan fingerprint density at radius 3 is 3.04 bits per heavy atom. The molecule has 0 bridgehead atoms. The lowest BCUT2D eigenvalue weighted by molar-refractivity contribution is 0.128. The lowest BCUT2D eigenvalue weighted by atomic mass is 9.88. The van der Waals surface area contributed by atoms with Crippen LogP contribution < -0.4 is 10.6 Å². The molecule has 1 fully saturated rings. The van der Waals surface area contributed by atoms with Crippen molar-refractivity contribution in [1.82, 2.24) is 25.7 Å². The van der Waals surface area contributed by atoms with E-state index in [0.717, 1.165) is 45.0 Å². The number of nitrogens with zero attached hydrogens (tertiary/aromatic N) is 4. The predicted molar refractivity (Wildman–Crippen MR) is 114 cm³/mol. The number of aliphatic imine (C=N–C) groups is 1. The lowest BCUT2D eigenvalue weighted by Gasteiger charge is -2.38. The number of piperidine rings is 1. The number of thiophene rings is 1. The summed E-state index contributed by atoms with van der Waals surface area (Å²) < 4.78 is 5.16. The van der Waals surface area contributed by atoms with E-state index >= 15 is 0 Å². The molecule has 2 aromatic heterocycles. The Bertz CT molecular complexity index is 729. The van der Waals surface area contributed by atoms with Gasteiger partial charge in [-0.2, -0.15) is 4.98 Å². The van der Waals surface area contributed by atoms with Crippen LogP contribution in [-0.2, 0) is 6.42 Å². The van der Waals surface area contributed by atoms with Crippen molar-refractivity contribution in [2.24, 2.45) is 10.9 Å². The molecule has 7 nitrogen and oxygen atoms in total. The molecule has 0 aliphatic carbocycles. The molecule has 1 saturated heterocycles. The van der Waals surface area contributed by atoms with Crippen LogP contribution in [0.2, 0.25) is 0 Å². The summed E-state index contributed by atoms with van der Waals surface area (Å²) in [5.74, 6) is 2.83. The van der Waals surface area contributed by atoms with E-state index in [0.29, 0.717) is 23.7 Å². The van der Waals surface area contributed by atoms with Gasteiger partial charge in [0.1, 0.15) is 0 Å². The minimum Gasteiger partial charge on any atom is -0.357 e.